The van der Waals surface area contributed by atoms with Crippen LogP contribution in [0.3, 0.4) is 0 Å². The molecule has 1 rings (SSSR count). The molecule has 0 aliphatic rings. The predicted octanol–water partition coefficient (Wildman–Crippen LogP) is -1.18. The van der Waals surface area contributed by atoms with Crippen molar-refractivity contribution in [3.05, 3.63) is 32.6 Å². The third kappa shape index (κ3) is 1.50. The van der Waals surface area contributed by atoms with Gasteiger partial charge in [0.25, 0.3) is 5.56 Å². The van der Waals surface area contributed by atoms with Crippen molar-refractivity contribution in [2.75, 3.05) is 0 Å². The van der Waals surface area contributed by atoms with Gasteiger partial charge in [-0.05, 0) is 0 Å². The normalized spacial score (nSPS) is 9.75. The number of carbonyl (C=O) groups is 1. The summed E-state index contributed by atoms with van der Waals surface area (Å²) in [5, 5.41) is 0. The topological polar surface area (TPSA) is 71.9 Å². The van der Waals surface area contributed by atoms with Crippen molar-refractivity contribution in [2.24, 2.45) is 7.05 Å². The first-order valence-corrected chi connectivity index (χ1v) is 3.37. The van der Waals surface area contributed by atoms with Gasteiger partial charge in [0.05, 0.1) is 0 Å². The van der Waals surface area contributed by atoms with Crippen LogP contribution < -0.4 is 11.2 Å². The molecule has 0 aromatic carbocycles. The predicted molar refractivity (Wildman–Crippen MR) is 42.1 cm³/mol. The summed E-state index contributed by atoms with van der Waals surface area (Å²) < 4.78 is 1.22. The molecule has 1 aromatic rings. The Morgan fingerprint density at radius 1 is 1.58 bits per heavy atom. The fourth-order valence-corrected chi connectivity index (χ4v) is 0.852. The Morgan fingerprint density at radius 2 is 2.25 bits per heavy atom. The van der Waals surface area contributed by atoms with E-state index in [1.807, 2.05) is 0 Å². The van der Waals surface area contributed by atoms with Gasteiger partial charge in [-0.15, -0.1) is 0 Å². The Labute approximate surface area is 67.7 Å². The van der Waals surface area contributed by atoms with Crippen molar-refractivity contribution in [3.63, 3.8) is 0 Å². The van der Waals surface area contributed by atoms with Gasteiger partial charge in [-0.3, -0.25) is 9.78 Å². The van der Waals surface area contributed by atoms with Crippen molar-refractivity contribution in [1.82, 2.24) is 9.55 Å². The van der Waals surface area contributed by atoms with Gasteiger partial charge in [-0.25, -0.2) is 4.79 Å². The Hall–Kier alpha value is -1.65. The molecule has 0 aliphatic heterocycles. The summed E-state index contributed by atoms with van der Waals surface area (Å²) >= 11 is 0. The smallest absolute Gasteiger partial charge is 0.303 e. The maximum Gasteiger partial charge on any atom is 0.328 e. The highest BCUT2D eigenvalue weighted by molar-refractivity contribution is 5.54. The minimum atomic E-state index is -0.495. The number of aromatic amines is 1. The van der Waals surface area contributed by atoms with Crippen molar-refractivity contribution >= 4 is 6.29 Å². The summed E-state index contributed by atoms with van der Waals surface area (Å²) in [4.78, 5) is 33.9. The minimum Gasteiger partial charge on any atom is -0.303 e. The molecule has 0 radical (unpaired) electrons. The molecule has 12 heavy (non-hydrogen) atoms. The van der Waals surface area contributed by atoms with E-state index in [1.165, 1.54) is 17.8 Å². The maximum absolute atomic E-state index is 11.0. The van der Waals surface area contributed by atoms with Gasteiger partial charge in [0.15, 0.2) is 0 Å². The molecule has 0 amide bonds. The van der Waals surface area contributed by atoms with Crippen LogP contribution in [0.25, 0.3) is 0 Å². The van der Waals surface area contributed by atoms with Crippen LogP contribution in [0, 0.1) is 0 Å². The third-order valence-electron chi connectivity index (χ3n) is 1.49. The van der Waals surface area contributed by atoms with E-state index in [1.54, 1.807) is 0 Å². The lowest BCUT2D eigenvalue weighted by atomic mass is 10.2. The lowest BCUT2D eigenvalue weighted by molar-refractivity contribution is -0.107. The molecule has 0 spiro atoms. The number of carbonyl (C=O) groups excluding carboxylic acids is 1. The molecule has 5 heteroatoms. The molecule has 1 heterocycles. The number of hydrogen-bond donors (Lipinski definition) is 1. The van der Waals surface area contributed by atoms with Gasteiger partial charge >= 0.3 is 5.69 Å². The summed E-state index contributed by atoms with van der Waals surface area (Å²) in [5.74, 6) is 0. The van der Waals surface area contributed by atoms with E-state index in [-0.39, 0.29) is 6.42 Å². The Balaban J connectivity index is 3.32. The van der Waals surface area contributed by atoms with Crippen LogP contribution in [0.4, 0.5) is 0 Å². The highest BCUT2D eigenvalue weighted by Gasteiger charge is 2.00. The molecule has 1 N–H and O–H groups in total. The van der Waals surface area contributed by atoms with Crippen LogP contribution in [0.15, 0.2) is 15.8 Å². The fourth-order valence-electron chi connectivity index (χ4n) is 0.852. The molecule has 0 unspecified atom stereocenters. The number of rotatable bonds is 2. The Morgan fingerprint density at radius 3 is 2.83 bits per heavy atom. The fraction of sp³-hybridized carbons (Fsp3) is 0.286. The standard InChI is InChI=1S/C7H8N2O3/c1-9-4-5(2-3-10)6(11)8-7(9)12/h3-4H,2H2,1H3,(H,8,11,12). The molecule has 0 saturated carbocycles. The summed E-state index contributed by atoms with van der Waals surface area (Å²) in [7, 11) is 1.51. The first kappa shape index (κ1) is 8.45. The van der Waals surface area contributed by atoms with E-state index in [9.17, 15) is 14.4 Å². The number of nitrogens with zero attached hydrogens (tertiary/aromatic N) is 1. The van der Waals surface area contributed by atoms with Crippen molar-refractivity contribution < 1.29 is 4.79 Å². The quantitative estimate of drug-likeness (QED) is 0.564. The summed E-state index contributed by atoms with van der Waals surface area (Å²) in [6.45, 7) is 0. The second-order valence-corrected chi connectivity index (χ2v) is 2.40. The summed E-state index contributed by atoms with van der Waals surface area (Å²) in [6.07, 6.45) is 2.01. The SMILES string of the molecule is Cn1cc(CC=O)c(=O)[nH]c1=O. The second kappa shape index (κ2) is 3.17. The average Bonchev–Trinajstić information content (AvgIpc) is 2.01. The van der Waals surface area contributed by atoms with E-state index >= 15 is 0 Å². The van der Waals surface area contributed by atoms with Crippen molar-refractivity contribution in [3.8, 4) is 0 Å². The first-order chi connectivity index (χ1) is 5.65. The Bertz CT molecular complexity index is 402. The van der Waals surface area contributed by atoms with Crippen LogP contribution in [0.1, 0.15) is 5.56 Å². The van der Waals surface area contributed by atoms with Crippen LogP contribution in [0.5, 0.6) is 0 Å². The zero-order valence-corrected chi connectivity index (χ0v) is 6.53. The molecular weight excluding hydrogens is 160 g/mol. The van der Waals surface area contributed by atoms with Crippen LogP contribution in [-0.2, 0) is 18.3 Å². The second-order valence-electron chi connectivity index (χ2n) is 2.40. The van der Waals surface area contributed by atoms with Gasteiger partial charge in [-0.2, -0.15) is 0 Å². The third-order valence-corrected chi connectivity index (χ3v) is 1.49. The maximum atomic E-state index is 11.0. The monoisotopic (exact) mass is 168 g/mol. The largest absolute Gasteiger partial charge is 0.328 e. The van der Waals surface area contributed by atoms with E-state index in [4.69, 9.17) is 0 Å². The van der Waals surface area contributed by atoms with Crippen LogP contribution >= 0.6 is 0 Å². The van der Waals surface area contributed by atoms with Crippen molar-refractivity contribution in [2.45, 2.75) is 6.42 Å². The van der Waals surface area contributed by atoms with Gasteiger partial charge in [0, 0.05) is 25.2 Å². The Kier molecular flexibility index (Phi) is 2.23. The average molecular weight is 168 g/mol. The van der Waals surface area contributed by atoms with E-state index in [0.29, 0.717) is 11.8 Å². The first-order valence-electron chi connectivity index (χ1n) is 3.37. The number of aromatic nitrogens is 2. The molecule has 0 fully saturated rings. The molecule has 0 bridgehead atoms. The molecule has 0 aliphatic carbocycles. The number of H-pyrrole nitrogens is 1. The zero-order chi connectivity index (χ0) is 9.14. The molecule has 0 saturated heterocycles. The number of aldehydes is 1. The lowest BCUT2D eigenvalue weighted by Crippen LogP contribution is -2.30. The van der Waals surface area contributed by atoms with Crippen LogP contribution in [-0.4, -0.2) is 15.8 Å². The summed E-state index contributed by atoms with van der Waals surface area (Å²) in [5.41, 5.74) is -0.674. The van der Waals surface area contributed by atoms with Crippen molar-refractivity contribution in [1.29, 1.82) is 0 Å². The molecular formula is C7H8N2O3. The lowest BCUT2D eigenvalue weighted by Gasteiger charge is -1.97. The number of nitrogens with one attached hydrogen (secondary N) is 1. The molecule has 1 aromatic heterocycles. The van der Waals surface area contributed by atoms with Gasteiger partial charge in [0.1, 0.15) is 6.29 Å². The van der Waals surface area contributed by atoms with E-state index < -0.39 is 11.2 Å². The van der Waals surface area contributed by atoms with E-state index in [2.05, 4.69) is 4.98 Å². The number of hydrogen-bond acceptors (Lipinski definition) is 3. The highest BCUT2D eigenvalue weighted by Crippen LogP contribution is 1.84. The van der Waals surface area contributed by atoms with Gasteiger partial charge in [-0.1, -0.05) is 0 Å². The zero-order valence-electron chi connectivity index (χ0n) is 6.53. The van der Waals surface area contributed by atoms with E-state index in [0.717, 1.165) is 0 Å². The highest BCUT2D eigenvalue weighted by atomic mass is 16.2. The molecule has 64 valence electrons. The molecule has 0 atom stereocenters. The summed E-state index contributed by atoms with van der Waals surface area (Å²) in [6, 6.07) is 0. The van der Waals surface area contributed by atoms with Gasteiger partial charge < -0.3 is 9.36 Å². The molecule has 5 nitrogen and oxygen atoms in total. The number of aryl methyl sites for hydroxylation is 1. The van der Waals surface area contributed by atoms with Crippen LogP contribution in [0.2, 0.25) is 0 Å². The van der Waals surface area contributed by atoms with Gasteiger partial charge in [0.2, 0.25) is 0 Å². The minimum absolute atomic E-state index is 0.0312.